The predicted molar refractivity (Wildman–Crippen MR) is 71.3 cm³/mol. The highest BCUT2D eigenvalue weighted by atomic mass is 16.5. The summed E-state index contributed by atoms with van der Waals surface area (Å²) < 4.78 is 5.72. The molecule has 0 bridgehead atoms. The summed E-state index contributed by atoms with van der Waals surface area (Å²) in [4.78, 5) is 0. The van der Waals surface area contributed by atoms with Gasteiger partial charge in [-0.05, 0) is 56.8 Å². The van der Waals surface area contributed by atoms with Gasteiger partial charge in [-0.3, -0.25) is 0 Å². The Hall–Kier alpha value is -0.860. The van der Waals surface area contributed by atoms with Gasteiger partial charge in [0.2, 0.25) is 0 Å². The van der Waals surface area contributed by atoms with Gasteiger partial charge < -0.3 is 10.1 Å². The molecule has 0 saturated carbocycles. The molecule has 2 heteroatoms. The van der Waals surface area contributed by atoms with Crippen LogP contribution in [0.1, 0.15) is 42.0 Å². The molecule has 17 heavy (non-hydrogen) atoms. The van der Waals surface area contributed by atoms with Crippen LogP contribution in [0, 0.1) is 13.8 Å². The summed E-state index contributed by atoms with van der Waals surface area (Å²) in [6.07, 6.45) is 3.95. The summed E-state index contributed by atoms with van der Waals surface area (Å²) in [6.45, 7) is 5.28. The predicted octanol–water partition coefficient (Wildman–Crippen LogP) is 3.13. The highest BCUT2D eigenvalue weighted by molar-refractivity contribution is 5.31. The second-order valence-corrected chi connectivity index (χ2v) is 5.06. The fourth-order valence-corrected chi connectivity index (χ4v) is 2.50. The molecule has 2 nitrogen and oxygen atoms in total. The summed E-state index contributed by atoms with van der Waals surface area (Å²) >= 11 is 0. The first-order valence-electron chi connectivity index (χ1n) is 6.56. The molecule has 2 unspecified atom stereocenters. The minimum Gasteiger partial charge on any atom is -0.378 e. The molecule has 1 aliphatic rings. The van der Waals surface area contributed by atoms with Gasteiger partial charge >= 0.3 is 0 Å². The summed E-state index contributed by atoms with van der Waals surface area (Å²) in [5, 5.41) is 3.41. The van der Waals surface area contributed by atoms with Gasteiger partial charge in [0, 0.05) is 12.6 Å². The SMILES string of the molecule is CNC(CC1CCCO1)c1ccc(C)c(C)c1. The minimum atomic E-state index is 0.414. The molecule has 0 amide bonds. The Morgan fingerprint density at radius 2 is 2.18 bits per heavy atom. The van der Waals surface area contributed by atoms with Crippen molar-refractivity contribution >= 4 is 0 Å². The maximum Gasteiger partial charge on any atom is 0.0594 e. The third-order valence-electron chi connectivity index (χ3n) is 3.80. The summed E-state index contributed by atoms with van der Waals surface area (Å²) in [7, 11) is 2.04. The molecular formula is C15H23NO. The van der Waals surface area contributed by atoms with Crippen molar-refractivity contribution in [1.29, 1.82) is 0 Å². The van der Waals surface area contributed by atoms with Crippen LogP contribution in [0.5, 0.6) is 0 Å². The maximum absolute atomic E-state index is 5.72. The van der Waals surface area contributed by atoms with E-state index in [2.05, 4.69) is 37.4 Å². The summed E-state index contributed by atoms with van der Waals surface area (Å²) in [6, 6.07) is 7.16. The van der Waals surface area contributed by atoms with Crippen molar-refractivity contribution in [3.8, 4) is 0 Å². The van der Waals surface area contributed by atoms with Gasteiger partial charge in [0.1, 0.15) is 0 Å². The second kappa shape index (κ2) is 5.65. The van der Waals surface area contributed by atoms with Crippen LogP contribution in [-0.2, 0) is 4.74 Å². The number of nitrogens with one attached hydrogen (secondary N) is 1. The van der Waals surface area contributed by atoms with E-state index < -0.39 is 0 Å². The van der Waals surface area contributed by atoms with Crippen LogP contribution >= 0.6 is 0 Å². The fraction of sp³-hybridized carbons (Fsp3) is 0.600. The molecule has 1 aromatic carbocycles. The Bertz CT molecular complexity index is 369. The van der Waals surface area contributed by atoms with Crippen molar-refractivity contribution < 1.29 is 4.74 Å². The lowest BCUT2D eigenvalue weighted by Crippen LogP contribution is -2.22. The zero-order valence-corrected chi connectivity index (χ0v) is 11.1. The molecule has 1 saturated heterocycles. The molecule has 94 valence electrons. The van der Waals surface area contributed by atoms with E-state index in [9.17, 15) is 0 Å². The molecule has 1 fully saturated rings. The molecule has 1 aliphatic heterocycles. The maximum atomic E-state index is 5.72. The Labute approximate surface area is 104 Å². The smallest absolute Gasteiger partial charge is 0.0594 e. The van der Waals surface area contributed by atoms with Gasteiger partial charge in [0.05, 0.1) is 6.10 Å². The van der Waals surface area contributed by atoms with Crippen LogP contribution in [0.25, 0.3) is 0 Å². The lowest BCUT2D eigenvalue weighted by Gasteiger charge is -2.21. The van der Waals surface area contributed by atoms with E-state index in [1.165, 1.54) is 29.5 Å². The van der Waals surface area contributed by atoms with E-state index in [4.69, 9.17) is 4.74 Å². The Balaban J connectivity index is 2.08. The van der Waals surface area contributed by atoms with Crippen LogP contribution in [0.15, 0.2) is 18.2 Å². The highest BCUT2D eigenvalue weighted by Gasteiger charge is 2.21. The van der Waals surface area contributed by atoms with Gasteiger partial charge in [0.25, 0.3) is 0 Å². The van der Waals surface area contributed by atoms with Gasteiger partial charge in [-0.1, -0.05) is 18.2 Å². The van der Waals surface area contributed by atoms with Crippen LogP contribution < -0.4 is 5.32 Å². The quantitative estimate of drug-likeness (QED) is 0.862. The van der Waals surface area contributed by atoms with E-state index in [0.717, 1.165) is 13.0 Å². The van der Waals surface area contributed by atoms with Gasteiger partial charge in [0.15, 0.2) is 0 Å². The zero-order valence-electron chi connectivity index (χ0n) is 11.1. The number of rotatable bonds is 4. The lowest BCUT2D eigenvalue weighted by atomic mass is 9.96. The molecular weight excluding hydrogens is 210 g/mol. The van der Waals surface area contributed by atoms with Crippen molar-refractivity contribution in [1.82, 2.24) is 5.32 Å². The van der Waals surface area contributed by atoms with Crippen molar-refractivity contribution in [2.75, 3.05) is 13.7 Å². The fourth-order valence-electron chi connectivity index (χ4n) is 2.50. The topological polar surface area (TPSA) is 21.3 Å². The number of hydrogen-bond donors (Lipinski definition) is 1. The lowest BCUT2D eigenvalue weighted by molar-refractivity contribution is 0.0954. The largest absolute Gasteiger partial charge is 0.378 e. The molecule has 1 N–H and O–H groups in total. The number of hydrogen-bond acceptors (Lipinski definition) is 2. The number of benzene rings is 1. The second-order valence-electron chi connectivity index (χ2n) is 5.06. The molecule has 2 rings (SSSR count). The average Bonchev–Trinajstić information content (AvgIpc) is 2.82. The third-order valence-corrected chi connectivity index (χ3v) is 3.80. The van der Waals surface area contributed by atoms with Crippen LogP contribution in [0.2, 0.25) is 0 Å². The molecule has 1 heterocycles. The first-order valence-corrected chi connectivity index (χ1v) is 6.56. The zero-order chi connectivity index (χ0) is 12.3. The van der Waals surface area contributed by atoms with Gasteiger partial charge in [-0.25, -0.2) is 0 Å². The standard InChI is InChI=1S/C15H23NO/c1-11-6-7-13(9-12(11)2)15(16-3)10-14-5-4-8-17-14/h6-7,9,14-16H,4-5,8,10H2,1-3H3. The van der Waals surface area contributed by atoms with E-state index >= 15 is 0 Å². The van der Waals surface area contributed by atoms with Crippen molar-refractivity contribution in [3.63, 3.8) is 0 Å². The normalized spacial score (nSPS) is 21.7. The van der Waals surface area contributed by atoms with Crippen molar-refractivity contribution in [2.24, 2.45) is 0 Å². The molecule has 0 aromatic heterocycles. The van der Waals surface area contributed by atoms with Crippen molar-refractivity contribution in [2.45, 2.75) is 45.3 Å². The van der Waals surface area contributed by atoms with Crippen molar-refractivity contribution in [3.05, 3.63) is 34.9 Å². The molecule has 2 atom stereocenters. The summed E-state index contributed by atoms with van der Waals surface area (Å²) in [5.41, 5.74) is 4.11. The number of aryl methyl sites for hydroxylation is 2. The summed E-state index contributed by atoms with van der Waals surface area (Å²) in [5.74, 6) is 0. The van der Waals surface area contributed by atoms with Crippen LogP contribution in [0.3, 0.4) is 0 Å². The molecule has 0 radical (unpaired) electrons. The molecule has 0 aliphatic carbocycles. The average molecular weight is 233 g/mol. The minimum absolute atomic E-state index is 0.414. The van der Waals surface area contributed by atoms with Gasteiger partial charge in [-0.15, -0.1) is 0 Å². The van der Waals surface area contributed by atoms with Crippen LogP contribution in [0.4, 0.5) is 0 Å². The Morgan fingerprint density at radius 1 is 1.35 bits per heavy atom. The Morgan fingerprint density at radius 3 is 2.76 bits per heavy atom. The molecule has 1 aromatic rings. The first-order chi connectivity index (χ1) is 8.20. The van der Waals surface area contributed by atoms with E-state index in [0.29, 0.717) is 12.1 Å². The monoisotopic (exact) mass is 233 g/mol. The highest BCUT2D eigenvalue weighted by Crippen LogP contribution is 2.26. The Kier molecular flexibility index (Phi) is 4.19. The first kappa shape index (κ1) is 12.6. The number of ether oxygens (including phenoxy) is 1. The van der Waals surface area contributed by atoms with Crippen LogP contribution in [-0.4, -0.2) is 19.8 Å². The van der Waals surface area contributed by atoms with E-state index in [1.54, 1.807) is 0 Å². The van der Waals surface area contributed by atoms with E-state index in [-0.39, 0.29) is 0 Å². The third kappa shape index (κ3) is 3.08. The molecule has 0 spiro atoms. The van der Waals surface area contributed by atoms with E-state index in [1.807, 2.05) is 7.05 Å². The van der Waals surface area contributed by atoms with Gasteiger partial charge in [-0.2, -0.15) is 0 Å².